The molecule has 56 heavy (non-hydrogen) atoms. The smallest absolute Gasteiger partial charge is 0.101 e. The largest absolute Gasteiger partial charge is 0.309 e. The summed E-state index contributed by atoms with van der Waals surface area (Å²) in [5.74, 6) is 0. The Labute approximate surface area is 347 Å². The van der Waals surface area contributed by atoms with Gasteiger partial charge < -0.3 is 9.80 Å². The molecule has 4 heteroatoms. The van der Waals surface area contributed by atoms with Gasteiger partial charge in [0, 0.05) is 21.8 Å². The molecule has 0 aliphatic heterocycles. The van der Waals surface area contributed by atoms with Crippen molar-refractivity contribution < 1.29 is 0 Å². The summed E-state index contributed by atoms with van der Waals surface area (Å²) in [7, 11) is 0. The summed E-state index contributed by atoms with van der Waals surface area (Å²) in [6.07, 6.45) is 0. The molecule has 0 saturated carbocycles. The van der Waals surface area contributed by atoms with Crippen molar-refractivity contribution in [1.82, 2.24) is 0 Å². The van der Waals surface area contributed by atoms with Crippen LogP contribution in [0.25, 0.3) is 10.1 Å². The standard InChI is InChI=1S/C52H63ClN2S/c1-48(2,3)35-16-23-40(24-17-35)54(41-25-18-36(19-26-41)49(4,5)6)43-32-39(52(13,14)15)33-44(47(43)53)55(42-27-20-37(21-28-42)50(7,8)9)46-31-34-30-38(51(10,11)12)22-29-45(34)56-46/h16-33H,1-15H3. The minimum absolute atomic E-state index is 0.0346. The number of hydrogen-bond acceptors (Lipinski definition) is 3. The highest BCUT2D eigenvalue weighted by molar-refractivity contribution is 7.23. The zero-order chi connectivity index (χ0) is 41.2. The Kier molecular flexibility index (Phi) is 10.9. The van der Waals surface area contributed by atoms with Crippen molar-refractivity contribution >= 4 is 66.5 Å². The molecule has 1 heterocycles. The van der Waals surface area contributed by atoms with E-state index in [0.29, 0.717) is 5.02 Å². The minimum atomic E-state index is -0.157. The fourth-order valence-corrected chi connectivity index (χ4v) is 8.46. The maximum atomic E-state index is 7.94. The van der Waals surface area contributed by atoms with Gasteiger partial charge in [0.2, 0.25) is 0 Å². The van der Waals surface area contributed by atoms with Crippen LogP contribution < -0.4 is 9.80 Å². The van der Waals surface area contributed by atoms with Gasteiger partial charge in [-0.25, -0.2) is 0 Å². The van der Waals surface area contributed by atoms with Crippen molar-refractivity contribution in [2.75, 3.05) is 9.80 Å². The maximum absolute atomic E-state index is 7.94. The van der Waals surface area contributed by atoms with E-state index < -0.39 is 0 Å². The van der Waals surface area contributed by atoms with Gasteiger partial charge in [-0.3, -0.25) is 0 Å². The third kappa shape index (κ3) is 8.75. The summed E-state index contributed by atoms with van der Waals surface area (Å²) in [6.45, 7) is 34.1. The van der Waals surface area contributed by atoms with Crippen LogP contribution in [-0.2, 0) is 27.1 Å². The zero-order valence-electron chi connectivity index (χ0n) is 36.6. The van der Waals surface area contributed by atoms with E-state index >= 15 is 0 Å². The van der Waals surface area contributed by atoms with Crippen molar-refractivity contribution in [3.05, 3.63) is 142 Å². The van der Waals surface area contributed by atoms with E-state index in [2.05, 4.69) is 223 Å². The monoisotopic (exact) mass is 782 g/mol. The number of hydrogen-bond donors (Lipinski definition) is 0. The molecule has 0 fully saturated rings. The van der Waals surface area contributed by atoms with Crippen LogP contribution in [0.5, 0.6) is 0 Å². The first-order chi connectivity index (χ1) is 25.8. The molecule has 0 aliphatic rings. The minimum Gasteiger partial charge on any atom is -0.309 e. The van der Waals surface area contributed by atoms with E-state index in [1.807, 2.05) is 11.3 Å². The zero-order valence-corrected chi connectivity index (χ0v) is 38.1. The van der Waals surface area contributed by atoms with Crippen molar-refractivity contribution in [3.8, 4) is 0 Å². The first-order valence-corrected chi connectivity index (χ1v) is 21.3. The third-order valence-corrected chi connectivity index (χ3v) is 12.4. The Bertz CT molecular complexity index is 2250. The van der Waals surface area contributed by atoms with Crippen LogP contribution >= 0.6 is 22.9 Å². The molecule has 0 radical (unpaired) electrons. The Balaban J connectivity index is 1.65. The Morgan fingerprint density at radius 3 is 1.09 bits per heavy atom. The molecule has 1 aromatic heterocycles. The van der Waals surface area contributed by atoms with Crippen molar-refractivity contribution in [3.63, 3.8) is 0 Å². The molecule has 6 rings (SSSR count). The predicted molar refractivity (Wildman–Crippen MR) is 250 cm³/mol. The summed E-state index contributed by atoms with van der Waals surface area (Å²) in [5.41, 5.74) is 11.6. The molecule has 6 aromatic rings. The van der Waals surface area contributed by atoms with Gasteiger partial charge in [0.05, 0.1) is 16.4 Å². The van der Waals surface area contributed by atoms with Crippen molar-refractivity contribution in [2.45, 2.75) is 131 Å². The Morgan fingerprint density at radius 2 is 0.714 bits per heavy atom. The first-order valence-electron chi connectivity index (χ1n) is 20.1. The second kappa shape index (κ2) is 14.7. The molecule has 0 atom stereocenters. The van der Waals surface area contributed by atoms with Crippen LogP contribution in [0.3, 0.4) is 0 Å². The third-order valence-electron chi connectivity index (χ3n) is 10.9. The van der Waals surface area contributed by atoms with Crippen LogP contribution in [0, 0.1) is 0 Å². The summed E-state index contributed by atoms with van der Waals surface area (Å²) < 4.78 is 1.26. The molecule has 0 amide bonds. The van der Waals surface area contributed by atoms with E-state index in [1.165, 1.54) is 37.9 Å². The summed E-state index contributed by atoms with van der Waals surface area (Å²) in [4.78, 5) is 4.74. The first kappa shape index (κ1) is 41.6. The highest BCUT2D eigenvalue weighted by atomic mass is 35.5. The van der Waals surface area contributed by atoms with Gasteiger partial charge >= 0.3 is 0 Å². The molecule has 2 nitrogen and oxygen atoms in total. The second-order valence-corrected chi connectivity index (χ2v) is 22.2. The molecule has 0 saturated heterocycles. The van der Waals surface area contributed by atoms with Gasteiger partial charge in [-0.15, -0.1) is 11.3 Å². The van der Waals surface area contributed by atoms with Crippen LogP contribution in [0.1, 0.15) is 132 Å². The number of halogens is 1. The van der Waals surface area contributed by atoms with Gasteiger partial charge in [0.1, 0.15) is 5.00 Å². The van der Waals surface area contributed by atoms with Crippen LogP contribution in [0.15, 0.2) is 109 Å². The topological polar surface area (TPSA) is 6.48 Å². The number of anilines is 6. The number of thiophene rings is 1. The lowest BCUT2D eigenvalue weighted by atomic mass is 9.85. The van der Waals surface area contributed by atoms with Gasteiger partial charge in [-0.2, -0.15) is 0 Å². The second-order valence-electron chi connectivity index (χ2n) is 20.7. The lowest BCUT2D eigenvalue weighted by Crippen LogP contribution is -2.19. The number of fused-ring (bicyclic) bond motifs is 1. The number of rotatable bonds is 6. The van der Waals surface area contributed by atoms with E-state index in [0.717, 1.165) is 33.4 Å². The average molecular weight is 784 g/mol. The maximum Gasteiger partial charge on any atom is 0.101 e. The SMILES string of the molecule is CC(C)(C)c1ccc(N(c2ccc(C(C)(C)C)cc2)c2cc(C(C)(C)C)cc(N(c3ccc(C(C)(C)C)cc3)c3cc4cc(C(C)(C)C)ccc4s3)c2Cl)cc1. The lowest BCUT2D eigenvalue weighted by Gasteiger charge is -2.33. The van der Waals surface area contributed by atoms with Gasteiger partial charge in [0.15, 0.2) is 0 Å². The average Bonchev–Trinajstić information content (AvgIpc) is 3.51. The molecule has 0 N–H and O–H groups in total. The van der Waals surface area contributed by atoms with Crippen molar-refractivity contribution in [2.24, 2.45) is 0 Å². The van der Waals surface area contributed by atoms with E-state index in [1.54, 1.807) is 0 Å². The predicted octanol–water partition coefficient (Wildman–Crippen LogP) is 17.0. The van der Waals surface area contributed by atoms with Gasteiger partial charge in [-0.1, -0.05) is 158 Å². The normalized spacial score (nSPS) is 13.0. The molecule has 0 aliphatic carbocycles. The Morgan fingerprint density at radius 1 is 0.375 bits per heavy atom. The molecular weight excluding hydrogens is 720 g/mol. The van der Waals surface area contributed by atoms with E-state index in [9.17, 15) is 0 Å². The summed E-state index contributed by atoms with van der Waals surface area (Å²) in [5, 5.41) is 3.08. The van der Waals surface area contributed by atoms with Gasteiger partial charge in [-0.05, 0) is 127 Å². The number of nitrogens with zero attached hydrogens (tertiary/aromatic N) is 2. The summed E-state index contributed by atoms with van der Waals surface area (Å²) in [6, 6.07) is 41.0. The van der Waals surface area contributed by atoms with Crippen LogP contribution in [0.2, 0.25) is 5.02 Å². The van der Waals surface area contributed by atoms with E-state index in [4.69, 9.17) is 11.6 Å². The highest BCUT2D eigenvalue weighted by Crippen LogP contribution is 2.51. The van der Waals surface area contributed by atoms with Gasteiger partial charge in [0.25, 0.3) is 0 Å². The summed E-state index contributed by atoms with van der Waals surface area (Å²) >= 11 is 9.75. The fourth-order valence-electron chi connectivity index (χ4n) is 7.10. The fraction of sp³-hybridized carbons (Fsp3) is 0.385. The quantitative estimate of drug-likeness (QED) is 0.166. The number of benzene rings is 5. The molecule has 0 bridgehead atoms. The molecule has 0 spiro atoms. The van der Waals surface area contributed by atoms with Crippen LogP contribution in [0.4, 0.5) is 33.4 Å². The van der Waals surface area contributed by atoms with Crippen LogP contribution in [-0.4, -0.2) is 0 Å². The van der Waals surface area contributed by atoms with E-state index in [-0.39, 0.29) is 27.1 Å². The molecule has 294 valence electrons. The van der Waals surface area contributed by atoms with Crippen molar-refractivity contribution in [1.29, 1.82) is 0 Å². The Hall–Kier alpha value is -4.05. The molecule has 0 unspecified atom stereocenters. The molecular formula is C52H63ClN2S. The highest BCUT2D eigenvalue weighted by Gasteiger charge is 2.29. The molecule has 5 aromatic carbocycles. The lowest BCUT2D eigenvalue weighted by molar-refractivity contribution is 0.589.